The van der Waals surface area contributed by atoms with Gasteiger partial charge in [0.2, 0.25) is 11.0 Å². The molecule has 5 nitrogen and oxygen atoms in total. The highest BCUT2D eigenvalue weighted by atomic mass is 32.1. The van der Waals surface area contributed by atoms with Crippen molar-refractivity contribution in [2.45, 2.75) is 26.2 Å². The summed E-state index contributed by atoms with van der Waals surface area (Å²) in [5.41, 5.74) is 0. The van der Waals surface area contributed by atoms with Crippen LogP contribution in [-0.2, 0) is 4.79 Å². The summed E-state index contributed by atoms with van der Waals surface area (Å²) >= 11 is 1.34. The number of aromatic nitrogens is 2. The Balaban J connectivity index is 1.69. The number of aryl methyl sites for hydroxylation is 1. The highest BCUT2D eigenvalue weighted by Gasteiger charge is 2.17. The van der Waals surface area contributed by atoms with E-state index in [4.69, 9.17) is 0 Å². The minimum atomic E-state index is 0.242. The molecule has 0 bridgehead atoms. The molecule has 16 heavy (non-hydrogen) atoms. The average molecular weight is 240 g/mol. The van der Waals surface area contributed by atoms with Crippen LogP contribution in [-0.4, -0.2) is 39.8 Å². The lowest BCUT2D eigenvalue weighted by atomic mass is 10.3. The van der Waals surface area contributed by atoms with Gasteiger partial charge in [0.25, 0.3) is 0 Å². The van der Waals surface area contributed by atoms with Gasteiger partial charge in [0.1, 0.15) is 5.82 Å². The van der Waals surface area contributed by atoms with Crippen LogP contribution < -0.4 is 5.32 Å². The smallest absolute Gasteiger partial charge is 0.224 e. The second kappa shape index (κ2) is 5.25. The van der Waals surface area contributed by atoms with Crippen molar-refractivity contribution in [3.8, 4) is 0 Å². The molecule has 2 rings (SSSR count). The van der Waals surface area contributed by atoms with Crippen molar-refractivity contribution in [1.82, 2.24) is 14.3 Å². The van der Waals surface area contributed by atoms with Gasteiger partial charge in [0.05, 0.1) is 0 Å². The summed E-state index contributed by atoms with van der Waals surface area (Å²) < 4.78 is 4.06. The molecule has 0 atom stereocenters. The Hall–Kier alpha value is -1.17. The molecule has 1 aromatic rings. The third kappa shape index (κ3) is 2.91. The van der Waals surface area contributed by atoms with E-state index in [1.54, 1.807) is 0 Å². The average Bonchev–Trinajstić information content (AvgIpc) is 2.89. The van der Waals surface area contributed by atoms with Crippen LogP contribution in [0.2, 0.25) is 0 Å². The highest BCUT2D eigenvalue weighted by Crippen LogP contribution is 2.11. The Labute approximate surface area is 99.0 Å². The molecule has 0 radical (unpaired) electrons. The van der Waals surface area contributed by atoms with Gasteiger partial charge in [-0.2, -0.15) is 4.37 Å². The molecular weight excluding hydrogens is 224 g/mol. The lowest BCUT2D eigenvalue weighted by molar-refractivity contribution is -0.129. The first kappa shape index (κ1) is 11.3. The standard InChI is InChI=1S/C10H16N4OS/c1-8-12-10(16-13-8)11-5-4-9(15)14-6-2-3-7-14/h2-7H2,1H3,(H,11,12,13). The molecule has 6 heteroatoms. The number of anilines is 1. The van der Waals surface area contributed by atoms with E-state index in [9.17, 15) is 4.79 Å². The van der Waals surface area contributed by atoms with Crippen molar-refractivity contribution in [1.29, 1.82) is 0 Å². The molecule has 0 spiro atoms. The van der Waals surface area contributed by atoms with E-state index in [0.29, 0.717) is 13.0 Å². The maximum Gasteiger partial charge on any atom is 0.224 e. The van der Waals surface area contributed by atoms with Crippen LogP contribution in [0.1, 0.15) is 25.1 Å². The van der Waals surface area contributed by atoms with Gasteiger partial charge in [0.15, 0.2) is 0 Å². The zero-order valence-corrected chi connectivity index (χ0v) is 10.2. The van der Waals surface area contributed by atoms with Crippen LogP contribution in [0.4, 0.5) is 5.13 Å². The molecule has 1 N–H and O–H groups in total. The second-order valence-corrected chi connectivity index (χ2v) is 4.66. The van der Waals surface area contributed by atoms with Gasteiger partial charge < -0.3 is 10.2 Å². The minimum absolute atomic E-state index is 0.242. The number of nitrogens with one attached hydrogen (secondary N) is 1. The zero-order valence-electron chi connectivity index (χ0n) is 9.40. The third-order valence-corrected chi connectivity index (χ3v) is 3.37. The number of likely N-dealkylation sites (tertiary alicyclic amines) is 1. The van der Waals surface area contributed by atoms with Crippen molar-refractivity contribution < 1.29 is 4.79 Å². The van der Waals surface area contributed by atoms with E-state index >= 15 is 0 Å². The predicted molar refractivity (Wildman–Crippen MR) is 63.6 cm³/mol. The van der Waals surface area contributed by atoms with E-state index < -0.39 is 0 Å². The van der Waals surface area contributed by atoms with Gasteiger partial charge in [-0.1, -0.05) is 0 Å². The Morgan fingerprint density at radius 1 is 1.50 bits per heavy atom. The molecule has 1 fully saturated rings. The van der Waals surface area contributed by atoms with E-state index in [-0.39, 0.29) is 5.91 Å². The number of carbonyl (C=O) groups is 1. The maximum atomic E-state index is 11.7. The van der Waals surface area contributed by atoms with E-state index in [1.165, 1.54) is 11.5 Å². The maximum absolute atomic E-state index is 11.7. The Morgan fingerprint density at radius 3 is 2.88 bits per heavy atom. The fourth-order valence-electron chi connectivity index (χ4n) is 1.77. The number of rotatable bonds is 4. The monoisotopic (exact) mass is 240 g/mol. The molecule has 1 amide bonds. The van der Waals surface area contributed by atoms with Crippen molar-refractivity contribution in [2.75, 3.05) is 25.0 Å². The Kier molecular flexibility index (Phi) is 3.71. The summed E-state index contributed by atoms with van der Waals surface area (Å²) in [5.74, 6) is 1.02. The van der Waals surface area contributed by atoms with Gasteiger partial charge in [0, 0.05) is 37.6 Å². The normalized spacial score (nSPS) is 15.4. The first-order valence-electron chi connectivity index (χ1n) is 5.57. The number of hydrogen-bond acceptors (Lipinski definition) is 5. The third-order valence-electron chi connectivity index (χ3n) is 2.60. The summed E-state index contributed by atoms with van der Waals surface area (Å²) in [5, 5.41) is 3.92. The highest BCUT2D eigenvalue weighted by molar-refractivity contribution is 7.09. The quantitative estimate of drug-likeness (QED) is 0.861. The van der Waals surface area contributed by atoms with Crippen molar-refractivity contribution in [3.63, 3.8) is 0 Å². The zero-order chi connectivity index (χ0) is 11.4. The molecule has 0 aliphatic carbocycles. The summed E-state index contributed by atoms with van der Waals surface area (Å²) in [7, 11) is 0. The second-order valence-electron chi connectivity index (χ2n) is 3.91. The van der Waals surface area contributed by atoms with Crippen LogP contribution in [0.25, 0.3) is 0 Å². The summed E-state index contributed by atoms with van der Waals surface area (Å²) in [4.78, 5) is 17.8. The molecular formula is C10H16N4OS. The lowest BCUT2D eigenvalue weighted by Gasteiger charge is -2.14. The largest absolute Gasteiger partial charge is 0.360 e. The first-order valence-corrected chi connectivity index (χ1v) is 6.35. The number of nitrogens with zero attached hydrogens (tertiary/aromatic N) is 3. The lowest BCUT2D eigenvalue weighted by Crippen LogP contribution is -2.29. The number of hydrogen-bond donors (Lipinski definition) is 1. The SMILES string of the molecule is Cc1nsc(NCCC(=O)N2CCCC2)n1. The van der Waals surface area contributed by atoms with Gasteiger partial charge >= 0.3 is 0 Å². The summed E-state index contributed by atoms with van der Waals surface area (Å²) in [6.45, 7) is 4.36. The Morgan fingerprint density at radius 2 is 2.25 bits per heavy atom. The van der Waals surface area contributed by atoms with Crippen LogP contribution in [0, 0.1) is 6.92 Å². The summed E-state index contributed by atoms with van der Waals surface area (Å²) in [6.07, 6.45) is 2.84. The van der Waals surface area contributed by atoms with Gasteiger partial charge in [-0.25, -0.2) is 4.98 Å². The molecule has 1 aromatic heterocycles. The van der Waals surface area contributed by atoms with Gasteiger partial charge in [-0.05, 0) is 19.8 Å². The van der Waals surface area contributed by atoms with Crippen LogP contribution in [0.3, 0.4) is 0 Å². The van der Waals surface area contributed by atoms with Gasteiger partial charge in [-0.15, -0.1) is 0 Å². The fraction of sp³-hybridized carbons (Fsp3) is 0.700. The number of amides is 1. The van der Waals surface area contributed by atoms with E-state index in [2.05, 4.69) is 14.7 Å². The molecule has 0 saturated carbocycles. The van der Waals surface area contributed by atoms with E-state index in [1.807, 2.05) is 11.8 Å². The molecule has 1 aliphatic rings. The number of carbonyl (C=O) groups excluding carboxylic acids is 1. The summed E-state index contributed by atoms with van der Waals surface area (Å²) in [6, 6.07) is 0. The molecule has 0 aromatic carbocycles. The molecule has 88 valence electrons. The molecule has 2 heterocycles. The van der Waals surface area contributed by atoms with Gasteiger partial charge in [-0.3, -0.25) is 4.79 Å². The van der Waals surface area contributed by atoms with E-state index in [0.717, 1.165) is 36.9 Å². The van der Waals surface area contributed by atoms with Crippen molar-refractivity contribution >= 4 is 22.6 Å². The Bertz CT molecular complexity index is 359. The molecule has 1 saturated heterocycles. The van der Waals surface area contributed by atoms with Crippen LogP contribution >= 0.6 is 11.5 Å². The predicted octanol–water partition coefficient (Wildman–Crippen LogP) is 1.27. The first-order chi connectivity index (χ1) is 7.75. The topological polar surface area (TPSA) is 58.1 Å². The molecule has 0 unspecified atom stereocenters. The van der Waals surface area contributed by atoms with Crippen LogP contribution in [0.5, 0.6) is 0 Å². The van der Waals surface area contributed by atoms with Crippen LogP contribution in [0.15, 0.2) is 0 Å². The minimum Gasteiger partial charge on any atom is -0.360 e. The molecule has 1 aliphatic heterocycles. The van der Waals surface area contributed by atoms with Crippen molar-refractivity contribution in [2.24, 2.45) is 0 Å². The van der Waals surface area contributed by atoms with Crippen molar-refractivity contribution in [3.05, 3.63) is 5.82 Å². The fourth-order valence-corrected chi connectivity index (χ4v) is 2.37.